The molecule has 0 spiro atoms. The molecule has 128 valence electrons. The third kappa shape index (κ3) is 3.45. The van der Waals surface area contributed by atoms with Crippen molar-refractivity contribution in [2.24, 2.45) is 0 Å². The normalized spacial score (nSPS) is 12.1. The van der Waals surface area contributed by atoms with Crippen LogP contribution in [0, 0.1) is 0 Å². The van der Waals surface area contributed by atoms with Crippen LogP contribution in [0.5, 0.6) is 0 Å². The van der Waals surface area contributed by atoms with E-state index in [-0.39, 0.29) is 0 Å². The van der Waals surface area contributed by atoms with Crippen molar-refractivity contribution in [3.8, 4) is 0 Å². The number of hydrogen-bond donors (Lipinski definition) is 2. The molecule has 1 heterocycles. The first-order valence-corrected chi connectivity index (χ1v) is 8.13. The average Bonchev–Trinajstić information content (AvgIpc) is 2.53. The number of hydrogen-bond acceptors (Lipinski definition) is 3. The minimum atomic E-state index is -1.03. The Morgan fingerprint density at radius 2 is 1.76 bits per heavy atom. The number of aromatic amines is 1. The van der Waals surface area contributed by atoms with E-state index >= 15 is 0 Å². The first kappa shape index (κ1) is 17.3. The summed E-state index contributed by atoms with van der Waals surface area (Å²) in [6.07, 6.45) is 0. The summed E-state index contributed by atoms with van der Waals surface area (Å²) >= 11 is 11.8. The number of nitrogens with zero attached hydrogens (tertiary/aromatic N) is 1. The molecule has 2 aromatic carbocycles. The number of aromatic nitrogens is 2. The summed E-state index contributed by atoms with van der Waals surface area (Å²) in [6.45, 7) is 1.47. The van der Waals surface area contributed by atoms with Crippen LogP contribution < -0.4 is 16.6 Å². The molecule has 3 rings (SSSR count). The van der Waals surface area contributed by atoms with Crippen LogP contribution in [-0.2, 0) is 4.79 Å². The molecular weight excluding hydrogens is 365 g/mol. The molecule has 1 amide bonds. The molecule has 1 atom stereocenters. The molecular formula is C17H13Cl2N3O3. The van der Waals surface area contributed by atoms with Crippen molar-refractivity contribution in [3.63, 3.8) is 0 Å². The summed E-state index contributed by atoms with van der Waals surface area (Å²) in [7, 11) is 0. The number of halogens is 2. The third-order valence-corrected chi connectivity index (χ3v) is 4.17. The Kier molecular flexibility index (Phi) is 4.65. The summed E-state index contributed by atoms with van der Waals surface area (Å²) in [4.78, 5) is 39.9. The summed E-state index contributed by atoms with van der Waals surface area (Å²) in [6, 6.07) is 10.1. The van der Waals surface area contributed by atoms with Crippen LogP contribution in [0.2, 0.25) is 10.0 Å². The Morgan fingerprint density at radius 1 is 1.12 bits per heavy atom. The largest absolute Gasteiger partial charge is 0.329 e. The van der Waals surface area contributed by atoms with Gasteiger partial charge in [0.1, 0.15) is 6.04 Å². The molecule has 0 aliphatic rings. The van der Waals surface area contributed by atoms with Crippen molar-refractivity contribution >= 4 is 45.7 Å². The maximum Gasteiger partial charge on any atom is 0.329 e. The Hall–Kier alpha value is -2.57. The molecule has 0 aliphatic heterocycles. The van der Waals surface area contributed by atoms with Crippen LogP contribution in [0.15, 0.2) is 52.1 Å². The van der Waals surface area contributed by atoms with Crippen LogP contribution in [0.4, 0.5) is 5.69 Å². The molecule has 0 fully saturated rings. The summed E-state index contributed by atoms with van der Waals surface area (Å²) < 4.78 is 0.879. The topological polar surface area (TPSA) is 84.0 Å². The fourth-order valence-corrected chi connectivity index (χ4v) is 3.04. The van der Waals surface area contributed by atoms with Gasteiger partial charge in [0.15, 0.2) is 0 Å². The van der Waals surface area contributed by atoms with Gasteiger partial charge in [-0.2, -0.15) is 0 Å². The van der Waals surface area contributed by atoms with Gasteiger partial charge in [0.25, 0.3) is 5.56 Å². The Labute approximate surface area is 152 Å². The molecule has 0 saturated carbocycles. The molecule has 25 heavy (non-hydrogen) atoms. The monoisotopic (exact) mass is 377 g/mol. The van der Waals surface area contributed by atoms with Gasteiger partial charge in [-0.1, -0.05) is 35.3 Å². The van der Waals surface area contributed by atoms with Crippen LogP contribution in [0.3, 0.4) is 0 Å². The zero-order valence-electron chi connectivity index (χ0n) is 13.0. The number of amides is 1. The maximum atomic E-state index is 12.6. The standard InChI is InChI=1S/C17H13Cl2N3O3/c1-9(15(23)20-12-7-10(18)6-11(19)8-12)22-16(24)13-4-2-3-5-14(13)21-17(22)25/h2-9H,1H3,(H,20,23)(H,21,25)/t9-/m0/s1. The van der Waals surface area contributed by atoms with E-state index in [9.17, 15) is 14.4 Å². The molecule has 0 aliphatic carbocycles. The van der Waals surface area contributed by atoms with Crippen LogP contribution >= 0.6 is 23.2 Å². The van der Waals surface area contributed by atoms with E-state index in [1.807, 2.05) is 0 Å². The fourth-order valence-electron chi connectivity index (χ4n) is 2.52. The quantitative estimate of drug-likeness (QED) is 0.734. The summed E-state index contributed by atoms with van der Waals surface area (Å²) in [5.74, 6) is -0.541. The Balaban J connectivity index is 1.99. The Morgan fingerprint density at radius 3 is 2.44 bits per heavy atom. The van der Waals surface area contributed by atoms with E-state index in [0.717, 1.165) is 4.57 Å². The second-order valence-corrected chi connectivity index (χ2v) is 6.35. The zero-order chi connectivity index (χ0) is 18.1. The number of benzene rings is 2. The predicted octanol–water partition coefficient (Wildman–Crippen LogP) is 3.20. The molecule has 0 unspecified atom stereocenters. The molecule has 0 bridgehead atoms. The highest BCUT2D eigenvalue weighted by molar-refractivity contribution is 6.35. The number of anilines is 1. The number of rotatable bonds is 3. The van der Waals surface area contributed by atoms with Crippen molar-refractivity contribution in [2.75, 3.05) is 5.32 Å². The smallest absolute Gasteiger partial charge is 0.324 e. The van der Waals surface area contributed by atoms with Crippen LogP contribution in [-0.4, -0.2) is 15.5 Å². The average molecular weight is 378 g/mol. The van der Waals surface area contributed by atoms with E-state index in [1.165, 1.54) is 25.1 Å². The van der Waals surface area contributed by atoms with Gasteiger partial charge in [0.2, 0.25) is 5.91 Å². The van der Waals surface area contributed by atoms with E-state index in [0.29, 0.717) is 26.6 Å². The Bertz CT molecular complexity index is 1070. The number of fused-ring (bicyclic) bond motifs is 1. The minimum Gasteiger partial charge on any atom is -0.324 e. The highest BCUT2D eigenvalue weighted by Crippen LogP contribution is 2.23. The van der Waals surface area contributed by atoms with Gasteiger partial charge in [-0.15, -0.1) is 0 Å². The molecule has 6 nitrogen and oxygen atoms in total. The van der Waals surface area contributed by atoms with Crippen molar-refractivity contribution in [1.29, 1.82) is 0 Å². The van der Waals surface area contributed by atoms with Gasteiger partial charge < -0.3 is 10.3 Å². The lowest BCUT2D eigenvalue weighted by atomic mass is 10.2. The second-order valence-electron chi connectivity index (χ2n) is 5.47. The zero-order valence-corrected chi connectivity index (χ0v) is 14.6. The summed E-state index contributed by atoms with van der Waals surface area (Å²) in [5, 5.41) is 3.65. The SMILES string of the molecule is C[C@@H](C(=O)Nc1cc(Cl)cc(Cl)c1)n1c(=O)[nH]c2ccccc2c1=O. The van der Waals surface area contributed by atoms with Crippen LogP contribution in [0.1, 0.15) is 13.0 Å². The van der Waals surface area contributed by atoms with Gasteiger partial charge >= 0.3 is 5.69 Å². The number of carbonyl (C=O) groups is 1. The van der Waals surface area contributed by atoms with Crippen molar-refractivity contribution in [1.82, 2.24) is 9.55 Å². The molecule has 3 aromatic rings. The molecule has 1 aromatic heterocycles. The number of H-pyrrole nitrogens is 1. The predicted molar refractivity (Wildman–Crippen MR) is 98.6 cm³/mol. The maximum absolute atomic E-state index is 12.6. The molecule has 0 radical (unpaired) electrons. The van der Waals surface area contributed by atoms with Gasteiger partial charge in [-0.05, 0) is 37.3 Å². The van der Waals surface area contributed by atoms with Crippen LogP contribution in [0.25, 0.3) is 10.9 Å². The fraction of sp³-hybridized carbons (Fsp3) is 0.118. The highest BCUT2D eigenvalue weighted by atomic mass is 35.5. The van der Waals surface area contributed by atoms with Gasteiger partial charge in [0, 0.05) is 15.7 Å². The number of carbonyl (C=O) groups excluding carboxylic acids is 1. The summed E-state index contributed by atoms with van der Waals surface area (Å²) in [5.41, 5.74) is -0.399. The van der Waals surface area contributed by atoms with Crippen molar-refractivity contribution in [3.05, 3.63) is 73.3 Å². The second kappa shape index (κ2) is 6.74. The lowest BCUT2D eigenvalue weighted by Gasteiger charge is -2.15. The number of nitrogens with one attached hydrogen (secondary N) is 2. The number of para-hydroxylation sites is 1. The van der Waals surface area contributed by atoms with E-state index in [2.05, 4.69) is 10.3 Å². The third-order valence-electron chi connectivity index (χ3n) is 3.73. The highest BCUT2D eigenvalue weighted by Gasteiger charge is 2.20. The first-order valence-electron chi connectivity index (χ1n) is 7.37. The molecule has 8 heteroatoms. The van der Waals surface area contributed by atoms with Crippen molar-refractivity contribution < 1.29 is 4.79 Å². The van der Waals surface area contributed by atoms with E-state index in [1.54, 1.807) is 24.3 Å². The lowest BCUT2D eigenvalue weighted by molar-refractivity contribution is -0.118. The lowest BCUT2D eigenvalue weighted by Crippen LogP contribution is -2.41. The minimum absolute atomic E-state index is 0.326. The van der Waals surface area contributed by atoms with Gasteiger partial charge in [-0.25, -0.2) is 9.36 Å². The molecule has 2 N–H and O–H groups in total. The van der Waals surface area contributed by atoms with Gasteiger partial charge in [0.05, 0.1) is 10.9 Å². The first-order chi connectivity index (χ1) is 11.9. The van der Waals surface area contributed by atoms with Gasteiger partial charge in [-0.3, -0.25) is 9.59 Å². The van der Waals surface area contributed by atoms with E-state index in [4.69, 9.17) is 23.2 Å². The molecule has 0 saturated heterocycles. The van der Waals surface area contributed by atoms with Crippen molar-refractivity contribution in [2.45, 2.75) is 13.0 Å². The van der Waals surface area contributed by atoms with E-state index < -0.39 is 23.2 Å².